The summed E-state index contributed by atoms with van der Waals surface area (Å²) in [5.74, 6) is 0. The van der Waals surface area contributed by atoms with Crippen LogP contribution in [0.4, 0.5) is 5.69 Å². The molecule has 0 amide bonds. The first-order chi connectivity index (χ1) is 4.70. The lowest BCUT2D eigenvalue weighted by Gasteiger charge is -1.94. The molecule has 0 fully saturated rings. The van der Waals surface area contributed by atoms with Crippen LogP contribution in [-0.4, -0.2) is 4.89 Å². The van der Waals surface area contributed by atoms with Crippen LogP contribution >= 0.6 is 8.03 Å². The smallest absolute Gasteiger partial charge is 0.218 e. The SMILES string of the molecule is Nc1ccc([PH](=O)O)cc1. The molecule has 0 aromatic heterocycles. The quantitative estimate of drug-likeness (QED) is 0.457. The summed E-state index contributed by atoms with van der Waals surface area (Å²) in [5, 5.41) is 0.444. The zero-order valence-corrected chi connectivity index (χ0v) is 6.24. The van der Waals surface area contributed by atoms with Crippen molar-refractivity contribution in [3.63, 3.8) is 0 Å². The molecule has 3 nitrogen and oxygen atoms in total. The van der Waals surface area contributed by atoms with Crippen molar-refractivity contribution in [1.29, 1.82) is 0 Å². The van der Waals surface area contributed by atoms with Gasteiger partial charge in [0.05, 0.1) is 0 Å². The second-order valence-electron chi connectivity index (χ2n) is 1.93. The zero-order valence-electron chi connectivity index (χ0n) is 5.24. The fourth-order valence-corrected chi connectivity index (χ4v) is 1.08. The summed E-state index contributed by atoms with van der Waals surface area (Å²) in [7, 11) is -2.53. The van der Waals surface area contributed by atoms with Gasteiger partial charge in [-0.1, -0.05) is 0 Å². The number of anilines is 1. The second kappa shape index (κ2) is 2.86. The summed E-state index contributed by atoms with van der Waals surface area (Å²) in [6, 6.07) is 6.31. The summed E-state index contributed by atoms with van der Waals surface area (Å²) in [5.41, 5.74) is 5.96. The first-order valence-electron chi connectivity index (χ1n) is 2.79. The molecular formula is C6H8NO2P. The minimum Gasteiger partial charge on any atom is -0.399 e. The molecule has 54 valence electrons. The van der Waals surface area contributed by atoms with Gasteiger partial charge in [-0.05, 0) is 24.3 Å². The van der Waals surface area contributed by atoms with Crippen molar-refractivity contribution in [2.75, 3.05) is 5.73 Å². The molecule has 10 heavy (non-hydrogen) atoms. The van der Waals surface area contributed by atoms with Crippen LogP contribution in [-0.2, 0) is 4.57 Å². The van der Waals surface area contributed by atoms with Crippen molar-refractivity contribution in [2.24, 2.45) is 0 Å². The van der Waals surface area contributed by atoms with Gasteiger partial charge in [-0.3, -0.25) is 4.57 Å². The standard InChI is InChI=1S/C6H8NO2P/c7-5-1-3-6(4-2-5)10(8)9/h1-4,10H,7H2,(H,8,9). The van der Waals surface area contributed by atoms with E-state index in [9.17, 15) is 4.57 Å². The van der Waals surface area contributed by atoms with Crippen molar-refractivity contribution in [1.82, 2.24) is 0 Å². The molecule has 0 bridgehead atoms. The maximum Gasteiger partial charge on any atom is 0.218 e. The molecular weight excluding hydrogens is 149 g/mol. The summed E-state index contributed by atoms with van der Waals surface area (Å²) >= 11 is 0. The van der Waals surface area contributed by atoms with E-state index < -0.39 is 8.03 Å². The molecule has 0 saturated carbocycles. The number of rotatable bonds is 1. The van der Waals surface area contributed by atoms with Crippen LogP contribution in [0.5, 0.6) is 0 Å². The highest BCUT2D eigenvalue weighted by Crippen LogP contribution is 2.12. The van der Waals surface area contributed by atoms with Crippen LogP contribution < -0.4 is 11.0 Å². The molecule has 1 aromatic rings. The minimum absolute atomic E-state index is 0.444. The molecule has 1 unspecified atom stereocenters. The van der Waals surface area contributed by atoms with E-state index in [-0.39, 0.29) is 0 Å². The molecule has 0 radical (unpaired) electrons. The predicted octanol–water partition coefficient (Wildman–Crippen LogP) is 0.361. The van der Waals surface area contributed by atoms with Crippen molar-refractivity contribution in [2.45, 2.75) is 0 Å². The Hall–Kier alpha value is -0.790. The first kappa shape index (κ1) is 7.32. The Morgan fingerprint density at radius 1 is 1.30 bits per heavy atom. The summed E-state index contributed by atoms with van der Waals surface area (Å²) in [6.07, 6.45) is 0. The Kier molecular flexibility index (Phi) is 2.10. The van der Waals surface area contributed by atoms with Gasteiger partial charge < -0.3 is 10.6 Å². The number of benzene rings is 1. The summed E-state index contributed by atoms with van der Waals surface area (Å²) in [6.45, 7) is 0. The van der Waals surface area contributed by atoms with Crippen molar-refractivity contribution >= 4 is 19.0 Å². The molecule has 1 aromatic carbocycles. The van der Waals surface area contributed by atoms with Gasteiger partial charge in [0.15, 0.2) is 0 Å². The topological polar surface area (TPSA) is 63.3 Å². The van der Waals surface area contributed by atoms with Crippen LogP contribution in [0, 0.1) is 0 Å². The molecule has 0 aliphatic heterocycles. The largest absolute Gasteiger partial charge is 0.399 e. The Morgan fingerprint density at radius 2 is 1.80 bits per heavy atom. The van der Waals surface area contributed by atoms with E-state index in [1.165, 1.54) is 0 Å². The van der Waals surface area contributed by atoms with E-state index in [1.54, 1.807) is 24.3 Å². The third-order valence-electron chi connectivity index (χ3n) is 1.16. The highest BCUT2D eigenvalue weighted by atomic mass is 31.1. The van der Waals surface area contributed by atoms with E-state index in [1.807, 2.05) is 0 Å². The van der Waals surface area contributed by atoms with E-state index in [4.69, 9.17) is 10.6 Å². The Labute approximate surface area is 59.4 Å². The van der Waals surface area contributed by atoms with Gasteiger partial charge >= 0.3 is 0 Å². The highest BCUT2D eigenvalue weighted by Gasteiger charge is 1.95. The van der Waals surface area contributed by atoms with Crippen LogP contribution in [0.25, 0.3) is 0 Å². The van der Waals surface area contributed by atoms with Crippen molar-refractivity contribution < 1.29 is 9.46 Å². The summed E-state index contributed by atoms with van der Waals surface area (Å²) < 4.78 is 10.5. The molecule has 3 N–H and O–H groups in total. The number of nitrogen functional groups attached to an aromatic ring is 1. The average molecular weight is 157 g/mol. The number of hydrogen-bond acceptors (Lipinski definition) is 2. The maximum absolute atomic E-state index is 10.5. The third kappa shape index (κ3) is 1.59. The van der Waals surface area contributed by atoms with Gasteiger partial charge in [-0.15, -0.1) is 0 Å². The van der Waals surface area contributed by atoms with Crippen LogP contribution in [0.15, 0.2) is 24.3 Å². The van der Waals surface area contributed by atoms with Crippen LogP contribution in [0.2, 0.25) is 0 Å². The average Bonchev–Trinajstić information content (AvgIpc) is 1.88. The van der Waals surface area contributed by atoms with Gasteiger partial charge in [0, 0.05) is 11.0 Å². The van der Waals surface area contributed by atoms with E-state index in [2.05, 4.69) is 0 Å². The lowest BCUT2D eigenvalue weighted by molar-refractivity contribution is 0.513. The lowest BCUT2D eigenvalue weighted by atomic mass is 10.3. The van der Waals surface area contributed by atoms with Gasteiger partial charge in [-0.2, -0.15) is 0 Å². The minimum atomic E-state index is -2.53. The number of nitrogens with two attached hydrogens (primary N) is 1. The fourth-order valence-electron chi connectivity index (χ4n) is 0.626. The molecule has 0 heterocycles. The Bertz CT molecular complexity index is 244. The second-order valence-corrected chi connectivity index (χ2v) is 3.11. The zero-order chi connectivity index (χ0) is 7.56. The fraction of sp³-hybridized carbons (Fsp3) is 0. The third-order valence-corrected chi connectivity index (χ3v) is 1.98. The molecule has 0 aliphatic rings. The molecule has 0 aliphatic carbocycles. The van der Waals surface area contributed by atoms with Crippen LogP contribution in [0.3, 0.4) is 0 Å². The number of hydrogen-bond donors (Lipinski definition) is 2. The summed E-state index contributed by atoms with van der Waals surface area (Å²) in [4.78, 5) is 8.62. The van der Waals surface area contributed by atoms with E-state index >= 15 is 0 Å². The van der Waals surface area contributed by atoms with Crippen LogP contribution in [0.1, 0.15) is 0 Å². The lowest BCUT2D eigenvalue weighted by Crippen LogP contribution is -1.95. The normalized spacial score (nSPS) is 12.9. The molecule has 1 atom stereocenters. The van der Waals surface area contributed by atoms with Crippen molar-refractivity contribution in [3.05, 3.63) is 24.3 Å². The van der Waals surface area contributed by atoms with Gasteiger partial charge in [0.25, 0.3) is 0 Å². The molecule has 1 rings (SSSR count). The highest BCUT2D eigenvalue weighted by molar-refractivity contribution is 7.47. The van der Waals surface area contributed by atoms with E-state index in [0.29, 0.717) is 11.0 Å². The van der Waals surface area contributed by atoms with Gasteiger partial charge in [0.2, 0.25) is 8.03 Å². The Balaban J connectivity index is 3.00. The molecule has 4 heteroatoms. The molecule has 0 saturated heterocycles. The van der Waals surface area contributed by atoms with Gasteiger partial charge in [-0.25, -0.2) is 0 Å². The van der Waals surface area contributed by atoms with E-state index in [0.717, 1.165) is 0 Å². The van der Waals surface area contributed by atoms with Gasteiger partial charge in [0.1, 0.15) is 0 Å². The maximum atomic E-state index is 10.5. The first-order valence-corrected chi connectivity index (χ1v) is 4.14. The predicted molar refractivity (Wildman–Crippen MR) is 41.7 cm³/mol. The molecule has 0 spiro atoms. The Morgan fingerprint density at radius 3 is 2.20 bits per heavy atom. The monoisotopic (exact) mass is 157 g/mol. The van der Waals surface area contributed by atoms with Crippen molar-refractivity contribution in [3.8, 4) is 0 Å².